The second-order valence-corrected chi connectivity index (χ2v) is 5.51. The zero-order valence-corrected chi connectivity index (χ0v) is 12.6. The van der Waals surface area contributed by atoms with E-state index in [0.717, 1.165) is 11.1 Å². The minimum Gasteiger partial charge on any atom is -0.486 e. The molecule has 5 heteroatoms. The van der Waals surface area contributed by atoms with E-state index < -0.39 is 0 Å². The van der Waals surface area contributed by atoms with Crippen molar-refractivity contribution >= 4 is 16.7 Å². The van der Waals surface area contributed by atoms with Gasteiger partial charge >= 0.3 is 0 Å². The van der Waals surface area contributed by atoms with Crippen molar-refractivity contribution in [2.75, 3.05) is 18.9 Å². The lowest BCUT2D eigenvalue weighted by Crippen LogP contribution is -2.16. The number of hydrogen-bond acceptors (Lipinski definition) is 5. The van der Waals surface area contributed by atoms with Gasteiger partial charge in [0.15, 0.2) is 16.8 Å². The van der Waals surface area contributed by atoms with Crippen molar-refractivity contribution in [2.45, 2.75) is 6.92 Å². The summed E-state index contributed by atoms with van der Waals surface area (Å²) < 4.78 is 17.1. The molecule has 2 heterocycles. The molecule has 0 bridgehead atoms. The molecule has 3 aromatic rings. The highest BCUT2D eigenvalue weighted by Crippen LogP contribution is 2.38. The van der Waals surface area contributed by atoms with Crippen molar-refractivity contribution in [1.82, 2.24) is 0 Å². The van der Waals surface area contributed by atoms with Crippen molar-refractivity contribution < 1.29 is 13.9 Å². The molecule has 4 rings (SSSR count). The standard InChI is InChI=1S/C18H15NO4/c1-10-2-3-11(8-13(10)19)16-9-14(20)12-4-5-15-18(17(12)23-16)22-7-6-21-15/h2-5,8-9H,6-7,19H2,1H3. The van der Waals surface area contributed by atoms with Crippen molar-refractivity contribution in [3.8, 4) is 22.8 Å². The summed E-state index contributed by atoms with van der Waals surface area (Å²) in [5.41, 5.74) is 8.62. The summed E-state index contributed by atoms with van der Waals surface area (Å²) in [7, 11) is 0. The molecule has 2 N–H and O–H groups in total. The van der Waals surface area contributed by atoms with Gasteiger partial charge in [0.05, 0.1) is 5.39 Å². The monoisotopic (exact) mass is 309 g/mol. The van der Waals surface area contributed by atoms with Crippen LogP contribution in [0.4, 0.5) is 5.69 Å². The summed E-state index contributed by atoms with van der Waals surface area (Å²) >= 11 is 0. The number of aryl methyl sites for hydroxylation is 1. The SMILES string of the molecule is Cc1ccc(-c2cc(=O)c3ccc4c(c3o2)OCCO4)cc1N. The number of benzene rings is 2. The average Bonchev–Trinajstić information content (AvgIpc) is 2.57. The molecule has 1 aliphatic heterocycles. The first-order chi connectivity index (χ1) is 11.1. The number of fused-ring (bicyclic) bond motifs is 3. The number of nitrogen functional groups attached to an aromatic ring is 1. The summed E-state index contributed by atoms with van der Waals surface area (Å²) in [5.74, 6) is 1.53. The third kappa shape index (κ3) is 2.21. The number of rotatable bonds is 1. The first-order valence-electron chi connectivity index (χ1n) is 7.36. The highest BCUT2D eigenvalue weighted by molar-refractivity contribution is 5.87. The van der Waals surface area contributed by atoms with Crippen molar-refractivity contribution in [2.24, 2.45) is 0 Å². The van der Waals surface area contributed by atoms with Crippen LogP contribution in [0.15, 0.2) is 45.6 Å². The zero-order chi connectivity index (χ0) is 16.0. The van der Waals surface area contributed by atoms with Gasteiger partial charge in [-0.25, -0.2) is 0 Å². The van der Waals surface area contributed by atoms with Gasteiger partial charge < -0.3 is 19.6 Å². The molecule has 0 atom stereocenters. The Kier molecular flexibility index (Phi) is 3.01. The molecule has 0 amide bonds. The Morgan fingerprint density at radius 3 is 2.70 bits per heavy atom. The lowest BCUT2D eigenvalue weighted by atomic mass is 10.1. The maximum atomic E-state index is 12.4. The maximum Gasteiger partial charge on any atom is 0.205 e. The smallest absolute Gasteiger partial charge is 0.205 e. The Bertz CT molecular complexity index is 975. The van der Waals surface area contributed by atoms with E-state index in [-0.39, 0.29) is 5.43 Å². The van der Waals surface area contributed by atoms with E-state index in [9.17, 15) is 4.79 Å². The molecule has 0 spiro atoms. The van der Waals surface area contributed by atoms with Gasteiger partial charge in [-0.2, -0.15) is 0 Å². The van der Waals surface area contributed by atoms with Crippen LogP contribution in [0.25, 0.3) is 22.3 Å². The Hall–Kier alpha value is -2.95. The third-order valence-electron chi connectivity index (χ3n) is 3.97. The Morgan fingerprint density at radius 1 is 1.04 bits per heavy atom. The molecule has 0 fully saturated rings. The predicted octanol–water partition coefficient (Wildman–Crippen LogP) is 3.12. The predicted molar refractivity (Wildman–Crippen MR) is 88.1 cm³/mol. The first-order valence-corrected chi connectivity index (χ1v) is 7.36. The summed E-state index contributed by atoms with van der Waals surface area (Å²) in [6, 6.07) is 10.5. The minimum atomic E-state index is -0.127. The molecule has 0 unspecified atom stereocenters. The normalized spacial score (nSPS) is 13.3. The molecule has 1 aliphatic rings. The average molecular weight is 309 g/mol. The lowest BCUT2D eigenvalue weighted by Gasteiger charge is -2.19. The molecule has 1 aromatic heterocycles. The fraction of sp³-hybridized carbons (Fsp3) is 0.167. The van der Waals surface area contributed by atoms with Gasteiger partial charge in [-0.15, -0.1) is 0 Å². The molecule has 0 saturated heterocycles. The van der Waals surface area contributed by atoms with Crippen LogP contribution >= 0.6 is 0 Å². The van der Waals surface area contributed by atoms with Crippen LogP contribution in [0.3, 0.4) is 0 Å². The van der Waals surface area contributed by atoms with E-state index >= 15 is 0 Å². The van der Waals surface area contributed by atoms with Crippen molar-refractivity contribution in [1.29, 1.82) is 0 Å². The van der Waals surface area contributed by atoms with Gasteiger partial charge in [0, 0.05) is 17.3 Å². The topological polar surface area (TPSA) is 74.7 Å². The van der Waals surface area contributed by atoms with Crippen LogP contribution in [0, 0.1) is 6.92 Å². The van der Waals surface area contributed by atoms with Crippen molar-refractivity contribution in [3.05, 3.63) is 52.2 Å². The van der Waals surface area contributed by atoms with Crippen molar-refractivity contribution in [3.63, 3.8) is 0 Å². The molecule has 0 aliphatic carbocycles. The van der Waals surface area contributed by atoms with E-state index in [1.54, 1.807) is 18.2 Å². The fourth-order valence-electron chi connectivity index (χ4n) is 2.66. The van der Waals surface area contributed by atoms with Crippen LogP contribution in [0.1, 0.15) is 5.56 Å². The van der Waals surface area contributed by atoms with Crippen LogP contribution < -0.4 is 20.6 Å². The largest absolute Gasteiger partial charge is 0.486 e. The lowest BCUT2D eigenvalue weighted by molar-refractivity contribution is 0.172. The second kappa shape index (κ2) is 5.05. The molecular formula is C18H15NO4. The highest BCUT2D eigenvalue weighted by Gasteiger charge is 2.19. The van der Waals surface area contributed by atoms with E-state index in [1.807, 2.05) is 19.1 Å². The number of ether oxygens (including phenoxy) is 2. The number of hydrogen-bond donors (Lipinski definition) is 1. The number of anilines is 1. The molecule has 5 nitrogen and oxygen atoms in total. The van der Waals surface area contributed by atoms with Gasteiger partial charge in [0.2, 0.25) is 5.75 Å². The fourth-order valence-corrected chi connectivity index (χ4v) is 2.66. The van der Waals surface area contributed by atoms with Crippen LogP contribution in [-0.4, -0.2) is 13.2 Å². The Morgan fingerprint density at radius 2 is 1.87 bits per heavy atom. The molecule has 23 heavy (non-hydrogen) atoms. The second-order valence-electron chi connectivity index (χ2n) is 5.51. The molecule has 2 aromatic carbocycles. The molecule has 0 radical (unpaired) electrons. The highest BCUT2D eigenvalue weighted by atomic mass is 16.6. The molecule has 0 saturated carbocycles. The van der Waals surface area contributed by atoms with E-state index in [1.165, 1.54) is 6.07 Å². The zero-order valence-electron chi connectivity index (χ0n) is 12.6. The third-order valence-corrected chi connectivity index (χ3v) is 3.97. The van der Waals surface area contributed by atoms with Gasteiger partial charge in [-0.1, -0.05) is 12.1 Å². The number of nitrogens with two attached hydrogens (primary N) is 1. The van der Waals surface area contributed by atoms with Gasteiger partial charge in [0.25, 0.3) is 0 Å². The van der Waals surface area contributed by atoms with Gasteiger partial charge in [-0.3, -0.25) is 4.79 Å². The summed E-state index contributed by atoms with van der Waals surface area (Å²) in [6.07, 6.45) is 0. The Labute approximate surface area is 132 Å². The quantitative estimate of drug-likeness (QED) is 0.699. The van der Waals surface area contributed by atoms with Crippen LogP contribution in [0.5, 0.6) is 11.5 Å². The summed E-state index contributed by atoms with van der Waals surface area (Å²) in [6.45, 7) is 2.84. The van der Waals surface area contributed by atoms with E-state index in [0.29, 0.717) is 47.1 Å². The first kappa shape index (κ1) is 13.7. The maximum absolute atomic E-state index is 12.4. The molecular weight excluding hydrogens is 294 g/mol. The van der Waals surface area contributed by atoms with E-state index in [4.69, 9.17) is 19.6 Å². The molecule has 116 valence electrons. The minimum absolute atomic E-state index is 0.127. The van der Waals surface area contributed by atoms with Gasteiger partial charge in [-0.05, 0) is 30.7 Å². The van der Waals surface area contributed by atoms with Crippen LogP contribution in [0.2, 0.25) is 0 Å². The Balaban J connectivity index is 1.98. The van der Waals surface area contributed by atoms with Gasteiger partial charge in [0.1, 0.15) is 19.0 Å². The summed E-state index contributed by atoms with van der Waals surface area (Å²) in [4.78, 5) is 12.4. The van der Waals surface area contributed by atoms with E-state index in [2.05, 4.69) is 0 Å². The van der Waals surface area contributed by atoms with Crippen LogP contribution in [-0.2, 0) is 0 Å². The summed E-state index contributed by atoms with van der Waals surface area (Å²) in [5, 5.41) is 0.470.